The van der Waals surface area contributed by atoms with Crippen LogP contribution in [0.5, 0.6) is 0 Å². The third kappa shape index (κ3) is 3.00. The average molecular weight is 252 g/mol. The maximum atomic E-state index is 14.1. The maximum absolute atomic E-state index is 14.1. The number of nitrogens with zero attached hydrogens (tertiary/aromatic N) is 1. The number of halogens is 1. The van der Waals surface area contributed by atoms with Crippen LogP contribution in [0.3, 0.4) is 0 Å². The minimum absolute atomic E-state index is 0.139. The number of hydrogen-bond donors (Lipinski definition) is 1. The van der Waals surface area contributed by atoms with Crippen LogP contribution >= 0.6 is 0 Å². The van der Waals surface area contributed by atoms with Gasteiger partial charge < -0.3 is 15.4 Å². The van der Waals surface area contributed by atoms with Gasteiger partial charge in [-0.25, -0.2) is 4.39 Å². The Hall–Kier alpha value is -1.13. The molecule has 0 saturated carbocycles. The van der Waals surface area contributed by atoms with Gasteiger partial charge in [-0.05, 0) is 38.0 Å². The van der Waals surface area contributed by atoms with E-state index in [0.29, 0.717) is 5.69 Å². The number of ether oxygens (including phenoxy) is 1. The van der Waals surface area contributed by atoms with Crippen molar-refractivity contribution in [2.24, 2.45) is 5.73 Å². The molecule has 0 radical (unpaired) electrons. The van der Waals surface area contributed by atoms with Gasteiger partial charge in [-0.1, -0.05) is 6.07 Å². The highest BCUT2D eigenvalue weighted by Crippen LogP contribution is 2.24. The molecule has 1 aliphatic rings. The van der Waals surface area contributed by atoms with Gasteiger partial charge in [-0.2, -0.15) is 0 Å². The van der Waals surface area contributed by atoms with Crippen molar-refractivity contribution in [2.75, 3.05) is 24.6 Å². The number of benzene rings is 1. The number of nitrogens with two attached hydrogens (primary N) is 1. The zero-order chi connectivity index (χ0) is 13.1. The first-order valence-electron chi connectivity index (χ1n) is 6.49. The second kappa shape index (κ2) is 5.67. The summed E-state index contributed by atoms with van der Waals surface area (Å²) >= 11 is 0. The van der Waals surface area contributed by atoms with Crippen LogP contribution in [-0.2, 0) is 4.74 Å². The van der Waals surface area contributed by atoms with Crippen molar-refractivity contribution in [1.29, 1.82) is 0 Å². The third-order valence-electron chi connectivity index (χ3n) is 3.29. The highest BCUT2D eigenvalue weighted by atomic mass is 19.1. The van der Waals surface area contributed by atoms with Gasteiger partial charge >= 0.3 is 0 Å². The van der Waals surface area contributed by atoms with Crippen molar-refractivity contribution < 1.29 is 9.13 Å². The highest BCUT2D eigenvalue weighted by molar-refractivity contribution is 5.49. The van der Waals surface area contributed by atoms with Gasteiger partial charge in [0.25, 0.3) is 0 Å². The second-order valence-corrected chi connectivity index (χ2v) is 4.98. The van der Waals surface area contributed by atoms with Crippen molar-refractivity contribution >= 4 is 5.69 Å². The predicted molar refractivity (Wildman–Crippen MR) is 71.2 cm³/mol. The molecule has 18 heavy (non-hydrogen) atoms. The van der Waals surface area contributed by atoms with Crippen LogP contribution in [0.4, 0.5) is 10.1 Å². The van der Waals surface area contributed by atoms with Gasteiger partial charge in [0.15, 0.2) is 0 Å². The average Bonchev–Trinajstić information content (AvgIpc) is 2.53. The van der Waals surface area contributed by atoms with Crippen LogP contribution in [0, 0.1) is 5.82 Å². The lowest BCUT2D eigenvalue weighted by Crippen LogP contribution is -2.30. The van der Waals surface area contributed by atoms with Crippen LogP contribution in [0.2, 0.25) is 0 Å². The Labute approximate surface area is 108 Å². The summed E-state index contributed by atoms with van der Waals surface area (Å²) in [7, 11) is 0. The van der Waals surface area contributed by atoms with E-state index in [-0.39, 0.29) is 18.0 Å². The molecule has 3 nitrogen and oxygen atoms in total. The quantitative estimate of drug-likeness (QED) is 0.878. The molecule has 1 aliphatic heterocycles. The summed E-state index contributed by atoms with van der Waals surface area (Å²) in [4.78, 5) is 2.05. The van der Waals surface area contributed by atoms with Crippen molar-refractivity contribution in [3.8, 4) is 0 Å². The van der Waals surface area contributed by atoms with Crippen molar-refractivity contribution in [2.45, 2.75) is 32.4 Å². The Balaban J connectivity index is 2.21. The van der Waals surface area contributed by atoms with E-state index in [4.69, 9.17) is 10.5 Å². The van der Waals surface area contributed by atoms with Crippen LogP contribution in [0.1, 0.15) is 31.9 Å². The molecule has 0 aromatic heterocycles. The molecule has 1 heterocycles. The molecule has 0 aliphatic carbocycles. The first kappa shape index (κ1) is 13.3. The van der Waals surface area contributed by atoms with Gasteiger partial charge in [0.05, 0.1) is 11.8 Å². The summed E-state index contributed by atoms with van der Waals surface area (Å²) in [6.45, 7) is 6.19. The zero-order valence-electron chi connectivity index (χ0n) is 11.0. The minimum atomic E-state index is -0.195. The first-order valence-corrected chi connectivity index (χ1v) is 6.49. The summed E-state index contributed by atoms with van der Waals surface area (Å²) in [6.07, 6.45) is 1.07. The molecule has 100 valence electrons. The molecule has 1 aromatic carbocycles. The standard InChI is InChI=1S/C14H21FN2O/c1-10-9-17(6-3-7-18-10)14-5-4-12(11(2)16)8-13(14)15/h4-5,8,10-11H,3,6-7,9,16H2,1-2H3. The summed E-state index contributed by atoms with van der Waals surface area (Å²) < 4.78 is 19.7. The lowest BCUT2D eigenvalue weighted by atomic mass is 10.1. The molecule has 1 saturated heterocycles. The molecule has 0 amide bonds. The summed E-state index contributed by atoms with van der Waals surface area (Å²) in [6, 6.07) is 5.13. The van der Waals surface area contributed by atoms with Crippen molar-refractivity contribution in [1.82, 2.24) is 0 Å². The van der Waals surface area contributed by atoms with Crippen LogP contribution in [0.15, 0.2) is 18.2 Å². The SMILES string of the molecule is CC1CN(c2ccc(C(C)N)cc2F)CCCO1. The maximum Gasteiger partial charge on any atom is 0.146 e. The second-order valence-electron chi connectivity index (χ2n) is 4.98. The van der Waals surface area contributed by atoms with Crippen molar-refractivity contribution in [3.63, 3.8) is 0 Å². The highest BCUT2D eigenvalue weighted by Gasteiger charge is 2.18. The van der Waals surface area contributed by atoms with E-state index < -0.39 is 0 Å². The normalized spacial score (nSPS) is 22.7. The van der Waals surface area contributed by atoms with E-state index in [0.717, 1.165) is 31.7 Å². The fraction of sp³-hybridized carbons (Fsp3) is 0.571. The lowest BCUT2D eigenvalue weighted by Gasteiger charge is -2.25. The van der Waals surface area contributed by atoms with Gasteiger partial charge in [-0.3, -0.25) is 0 Å². The monoisotopic (exact) mass is 252 g/mol. The minimum Gasteiger partial charge on any atom is -0.377 e. The third-order valence-corrected chi connectivity index (χ3v) is 3.29. The van der Waals surface area contributed by atoms with E-state index in [9.17, 15) is 4.39 Å². The van der Waals surface area contributed by atoms with E-state index in [1.165, 1.54) is 6.07 Å². The van der Waals surface area contributed by atoms with Gasteiger partial charge in [0.1, 0.15) is 5.82 Å². The molecule has 2 N–H and O–H groups in total. The molecule has 2 rings (SSSR count). The molecule has 2 unspecified atom stereocenters. The topological polar surface area (TPSA) is 38.5 Å². The zero-order valence-corrected chi connectivity index (χ0v) is 11.0. The molecular formula is C14H21FN2O. The molecule has 1 fully saturated rings. The van der Waals surface area contributed by atoms with E-state index in [1.807, 2.05) is 26.0 Å². The Morgan fingerprint density at radius 2 is 2.28 bits per heavy atom. The van der Waals surface area contributed by atoms with Gasteiger partial charge in [0.2, 0.25) is 0 Å². The van der Waals surface area contributed by atoms with E-state index in [2.05, 4.69) is 4.90 Å². The molecular weight excluding hydrogens is 231 g/mol. The first-order chi connectivity index (χ1) is 8.58. The lowest BCUT2D eigenvalue weighted by molar-refractivity contribution is 0.0820. The molecule has 0 spiro atoms. The fourth-order valence-corrected chi connectivity index (χ4v) is 2.28. The van der Waals surface area contributed by atoms with E-state index in [1.54, 1.807) is 0 Å². The van der Waals surface area contributed by atoms with Crippen molar-refractivity contribution in [3.05, 3.63) is 29.6 Å². The molecule has 0 bridgehead atoms. The largest absolute Gasteiger partial charge is 0.377 e. The Bertz CT molecular complexity index is 409. The van der Waals surface area contributed by atoms with Gasteiger partial charge in [-0.15, -0.1) is 0 Å². The van der Waals surface area contributed by atoms with E-state index >= 15 is 0 Å². The Morgan fingerprint density at radius 1 is 1.50 bits per heavy atom. The number of hydrogen-bond acceptors (Lipinski definition) is 3. The summed E-state index contributed by atoms with van der Waals surface area (Å²) in [5, 5.41) is 0. The Kier molecular flexibility index (Phi) is 4.19. The van der Waals surface area contributed by atoms with Gasteiger partial charge in [0, 0.05) is 25.7 Å². The summed E-state index contributed by atoms with van der Waals surface area (Å²) in [5.74, 6) is -0.195. The number of anilines is 1. The molecule has 2 atom stereocenters. The molecule has 1 aromatic rings. The number of rotatable bonds is 2. The van der Waals surface area contributed by atoms with Crippen LogP contribution in [0.25, 0.3) is 0 Å². The smallest absolute Gasteiger partial charge is 0.146 e. The molecule has 4 heteroatoms. The Morgan fingerprint density at radius 3 is 2.94 bits per heavy atom. The van der Waals surface area contributed by atoms with Crippen LogP contribution in [-0.4, -0.2) is 25.8 Å². The summed E-state index contributed by atoms with van der Waals surface area (Å²) in [5.41, 5.74) is 7.24. The fourth-order valence-electron chi connectivity index (χ4n) is 2.28. The van der Waals surface area contributed by atoms with Crippen LogP contribution < -0.4 is 10.6 Å². The predicted octanol–water partition coefficient (Wildman–Crippen LogP) is 2.46.